The van der Waals surface area contributed by atoms with Crippen LogP contribution in [-0.2, 0) is 11.2 Å². The van der Waals surface area contributed by atoms with Gasteiger partial charge in [0.15, 0.2) is 0 Å². The summed E-state index contributed by atoms with van der Waals surface area (Å²) in [4.78, 5) is 19.6. The van der Waals surface area contributed by atoms with E-state index in [1.54, 1.807) is 13.3 Å². The topological polar surface area (TPSA) is 94.9 Å². The first-order valence-electron chi connectivity index (χ1n) is 13.0. The molecule has 1 atom stereocenters. The van der Waals surface area contributed by atoms with Crippen molar-refractivity contribution < 1.29 is 19.8 Å². The minimum atomic E-state index is -0.885. The van der Waals surface area contributed by atoms with E-state index in [1.807, 2.05) is 29.7 Å². The molecule has 4 rings (SSSR count). The number of carbonyl (C=O) groups is 1. The first kappa shape index (κ1) is 27.3. The summed E-state index contributed by atoms with van der Waals surface area (Å²) >= 11 is 6.47. The van der Waals surface area contributed by atoms with Crippen LogP contribution < -0.4 is 10.2 Å². The summed E-state index contributed by atoms with van der Waals surface area (Å²) in [6.45, 7) is 2.56. The number of hydrogen-bond acceptors (Lipinski definition) is 6. The van der Waals surface area contributed by atoms with Gasteiger partial charge < -0.3 is 14.7 Å². The predicted octanol–water partition coefficient (Wildman–Crippen LogP) is 5.32. The van der Waals surface area contributed by atoms with Gasteiger partial charge in [-0.15, -0.1) is 0 Å². The highest BCUT2D eigenvalue weighted by molar-refractivity contribution is 6.32. The maximum atomic E-state index is 12.8. The van der Waals surface area contributed by atoms with Crippen LogP contribution in [0.15, 0.2) is 54.7 Å². The molecule has 1 aliphatic rings. The molecule has 0 radical (unpaired) electrons. The second-order valence-electron chi connectivity index (χ2n) is 9.96. The van der Waals surface area contributed by atoms with Crippen molar-refractivity contribution in [2.45, 2.75) is 51.0 Å². The Morgan fingerprint density at radius 3 is 2.65 bits per heavy atom. The lowest BCUT2D eigenvalue weighted by molar-refractivity contribution is -0.143. The minimum absolute atomic E-state index is 0.334. The number of ether oxygens (including phenoxy) is 1. The number of piperidine rings is 1. The van der Waals surface area contributed by atoms with Crippen LogP contribution in [0.2, 0.25) is 5.02 Å². The normalized spacial score (nSPS) is 16.4. The lowest BCUT2D eigenvalue weighted by atomic mass is 9.73. The maximum absolute atomic E-state index is 12.8. The van der Waals surface area contributed by atoms with Crippen LogP contribution in [0.5, 0.6) is 5.75 Å². The number of amides is 1. The van der Waals surface area contributed by atoms with E-state index >= 15 is 0 Å². The summed E-state index contributed by atoms with van der Waals surface area (Å²) in [5.41, 5.74) is 3.81. The Labute approximate surface area is 223 Å². The zero-order chi connectivity index (χ0) is 26.3. The quantitative estimate of drug-likeness (QED) is 0.178. The van der Waals surface area contributed by atoms with Gasteiger partial charge in [-0.05, 0) is 88.3 Å². The van der Waals surface area contributed by atoms with Gasteiger partial charge in [0.2, 0.25) is 5.91 Å². The van der Waals surface area contributed by atoms with E-state index in [-0.39, 0.29) is 5.91 Å². The van der Waals surface area contributed by atoms with E-state index < -0.39 is 11.5 Å². The Hall–Kier alpha value is -2.71. The molecule has 1 fully saturated rings. The number of nitrogens with zero attached hydrogens (tertiary/aromatic N) is 2. The third kappa shape index (κ3) is 6.60. The lowest BCUT2D eigenvalue weighted by Gasteiger charge is -2.40. The number of aliphatic hydroxyl groups is 1. The number of benzene rings is 2. The molecular formula is C29H36ClN3O4. The second kappa shape index (κ2) is 12.7. The Morgan fingerprint density at radius 2 is 1.95 bits per heavy atom. The molecule has 2 heterocycles. The molecule has 3 aromatic rings. The van der Waals surface area contributed by atoms with Crippen molar-refractivity contribution in [1.29, 1.82) is 0 Å². The average Bonchev–Trinajstić information content (AvgIpc) is 2.94. The smallest absolute Gasteiger partial charge is 0.249 e. The van der Waals surface area contributed by atoms with Crippen LogP contribution >= 0.6 is 11.6 Å². The molecule has 2 aromatic carbocycles. The van der Waals surface area contributed by atoms with Gasteiger partial charge in [-0.25, -0.2) is 5.48 Å². The first-order valence-corrected chi connectivity index (χ1v) is 13.3. The monoisotopic (exact) mass is 525 g/mol. The molecule has 0 bridgehead atoms. The largest absolute Gasteiger partial charge is 0.497 e. The Bertz CT molecular complexity index is 1180. The summed E-state index contributed by atoms with van der Waals surface area (Å²) in [6, 6.07) is 16.0. The molecule has 1 unspecified atom stereocenters. The van der Waals surface area contributed by atoms with Crippen LogP contribution in [0.3, 0.4) is 0 Å². The van der Waals surface area contributed by atoms with E-state index in [2.05, 4.69) is 34.1 Å². The van der Waals surface area contributed by atoms with Crippen LogP contribution in [0.4, 0.5) is 0 Å². The van der Waals surface area contributed by atoms with Crippen molar-refractivity contribution in [2.24, 2.45) is 5.41 Å². The molecule has 8 heteroatoms. The number of aryl methyl sites for hydroxylation is 1. The number of hydrogen-bond donors (Lipinski definition) is 3. The van der Waals surface area contributed by atoms with Crippen LogP contribution in [0, 0.1) is 5.41 Å². The van der Waals surface area contributed by atoms with Gasteiger partial charge >= 0.3 is 0 Å². The van der Waals surface area contributed by atoms with Gasteiger partial charge in [-0.3, -0.25) is 15.0 Å². The van der Waals surface area contributed by atoms with E-state index in [0.29, 0.717) is 47.5 Å². The Morgan fingerprint density at radius 1 is 1.19 bits per heavy atom. The fourth-order valence-electron chi connectivity index (χ4n) is 5.41. The number of methoxy groups -OCH3 is 1. The van der Waals surface area contributed by atoms with Crippen molar-refractivity contribution in [2.75, 3.05) is 26.7 Å². The van der Waals surface area contributed by atoms with Gasteiger partial charge in [0, 0.05) is 17.1 Å². The van der Waals surface area contributed by atoms with Crippen molar-refractivity contribution >= 4 is 28.4 Å². The van der Waals surface area contributed by atoms with Gasteiger partial charge in [0.05, 0.1) is 29.2 Å². The minimum Gasteiger partial charge on any atom is -0.497 e. The number of aromatic nitrogens is 1. The summed E-state index contributed by atoms with van der Waals surface area (Å²) in [5, 5.41) is 21.8. The van der Waals surface area contributed by atoms with Crippen molar-refractivity contribution in [3.05, 3.63) is 70.9 Å². The Balaban J connectivity index is 1.36. The van der Waals surface area contributed by atoms with Crippen molar-refractivity contribution in [1.82, 2.24) is 15.4 Å². The highest BCUT2D eigenvalue weighted by atomic mass is 35.5. The molecule has 198 valence electrons. The molecule has 1 saturated heterocycles. The molecule has 7 nitrogen and oxygen atoms in total. The molecule has 1 aliphatic heterocycles. The number of likely N-dealkylation sites (tertiary alicyclic amines) is 1. The average molecular weight is 526 g/mol. The highest BCUT2D eigenvalue weighted by Gasteiger charge is 2.41. The summed E-state index contributed by atoms with van der Waals surface area (Å²) in [7, 11) is 1.59. The molecular weight excluding hydrogens is 490 g/mol. The van der Waals surface area contributed by atoms with Crippen LogP contribution in [0.25, 0.3) is 10.9 Å². The van der Waals surface area contributed by atoms with Gasteiger partial charge in [-0.2, -0.15) is 0 Å². The summed E-state index contributed by atoms with van der Waals surface area (Å²) in [5.74, 6) is 0.271. The van der Waals surface area contributed by atoms with E-state index in [4.69, 9.17) is 16.3 Å². The van der Waals surface area contributed by atoms with Crippen molar-refractivity contribution in [3.63, 3.8) is 0 Å². The Kier molecular flexibility index (Phi) is 9.38. The zero-order valence-corrected chi connectivity index (χ0v) is 22.1. The second-order valence-corrected chi connectivity index (χ2v) is 10.4. The number of aliphatic hydroxyl groups excluding tert-OH is 1. The standard InChI is InChI=1S/C29H36ClN3O4/c1-37-22-10-11-25-23(19-22)27(24(30)20-31-25)26(34)12-13-29(28(35)32-36)14-17-33(18-15-29)16-6-5-9-21-7-3-2-4-8-21/h2-4,7-8,10-11,19-20,26,34,36H,5-6,9,12-18H2,1H3,(H,32,35). The van der Waals surface area contributed by atoms with E-state index in [1.165, 1.54) is 5.56 Å². The molecule has 0 aliphatic carbocycles. The lowest BCUT2D eigenvalue weighted by Crippen LogP contribution is -2.48. The number of hydroxylamine groups is 1. The van der Waals surface area contributed by atoms with E-state index in [9.17, 15) is 15.1 Å². The van der Waals surface area contributed by atoms with Crippen LogP contribution in [0.1, 0.15) is 55.8 Å². The molecule has 1 aromatic heterocycles. The first-order chi connectivity index (χ1) is 18.0. The molecule has 0 spiro atoms. The number of fused-ring (bicyclic) bond motifs is 1. The zero-order valence-electron chi connectivity index (χ0n) is 21.3. The fourth-order valence-corrected chi connectivity index (χ4v) is 5.69. The third-order valence-corrected chi connectivity index (χ3v) is 8.03. The number of nitrogens with one attached hydrogen (secondary N) is 1. The number of unbranched alkanes of at least 4 members (excludes halogenated alkanes) is 1. The molecule has 3 N–H and O–H groups in total. The maximum Gasteiger partial charge on any atom is 0.249 e. The fraction of sp³-hybridized carbons (Fsp3) is 0.448. The van der Waals surface area contributed by atoms with Crippen molar-refractivity contribution in [3.8, 4) is 5.75 Å². The number of carbonyl (C=O) groups excluding carboxylic acids is 1. The molecule has 1 amide bonds. The summed E-state index contributed by atoms with van der Waals surface area (Å²) < 4.78 is 5.34. The highest BCUT2D eigenvalue weighted by Crippen LogP contribution is 2.41. The third-order valence-electron chi connectivity index (χ3n) is 7.73. The van der Waals surface area contributed by atoms with Gasteiger partial charge in [-0.1, -0.05) is 41.9 Å². The molecule has 37 heavy (non-hydrogen) atoms. The molecule has 0 saturated carbocycles. The van der Waals surface area contributed by atoms with E-state index in [0.717, 1.165) is 44.3 Å². The van der Waals surface area contributed by atoms with Crippen LogP contribution in [-0.4, -0.2) is 52.8 Å². The number of pyridine rings is 1. The number of halogens is 1. The summed E-state index contributed by atoms with van der Waals surface area (Å²) in [6.07, 6.45) is 5.98. The SMILES string of the molecule is COc1ccc2ncc(Cl)c(C(O)CCC3(C(=O)NO)CCN(CCCCc4ccccc4)CC3)c2c1. The van der Waals surface area contributed by atoms with Gasteiger partial charge in [0.1, 0.15) is 5.75 Å². The van der Waals surface area contributed by atoms with Gasteiger partial charge in [0.25, 0.3) is 0 Å². The number of rotatable bonds is 11. The predicted molar refractivity (Wildman–Crippen MR) is 145 cm³/mol.